The summed E-state index contributed by atoms with van der Waals surface area (Å²) in [5.74, 6) is 6.62. The molecular weight excluding hydrogens is 302 g/mol. The first-order valence-electron chi connectivity index (χ1n) is 4.98. The Morgan fingerprint density at radius 1 is 1.41 bits per heavy atom. The van der Waals surface area contributed by atoms with Gasteiger partial charge in [0, 0.05) is 0 Å². The Balaban J connectivity index is 2.19. The Morgan fingerprint density at radius 2 is 2.18 bits per heavy atom. The van der Waals surface area contributed by atoms with Crippen LogP contribution in [0, 0.1) is 0 Å². The van der Waals surface area contributed by atoms with Crippen LogP contribution in [0.5, 0.6) is 0 Å². The van der Waals surface area contributed by atoms with E-state index < -0.39 is 0 Å². The molecule has 0 aliphatic rings. The van der Waals surface area contributed by atoms with E-state index in [4.69, 9.17) is 5.84 Å². The molecule has 4 N–H and O–H groups in total. The molecule has 1 atom stereocenters. The van der Waals surface area contributed by atoms with E-state index in [0.717, 1.165) is 4.47 Å². The van der Waals surface area contributed by atoms with Crippen LogP contribution in [0.4, 0.5) is 11.6 Å². The van der Waals surface area contributed by atoms with E-state index >= 15 is 0 Å². The van der Waals surface area contributed by atoms with Crippen molar-refractivity contribution >= 4 is 38.9 Å². The summed E-state index contributed by atoms with van der Waals surface area (Å²) in [6, 6.07) is 2.26. The van der Waals surface area contributed by atoms with Crippen molar-refractivity contribution in [3.8, 4) is 0 Å². The molecule has 2 aromatic rings. The number of nitrogens with two attached hydrogens (primary N) is 1. The zero-order valence-corrected chi connectivity index (χ0v) is 11.5. The number of rotatable bonds is 4. The first-order chi connectivity index (χ1) is 8.22. The lowest BCUT2D eigenvalue weighted by Gasteiger charge is -2.15. The lowest BCUT2D eigenvalue weighted by molar-refractivity contribution is 0.875. The molecule has 0 amide bonds. The number of nitrogen functional groups attached to an aromatic ring is 1. The molecule has 0 fully saturated rings. The Hall–Kier alpha value is -1.18. The van der Waals surface area contributed by atoms with Crippen molar-refractivity contribution < 1.29 is 0 Å². The summed E-state index contributed by atoms with van der Waals surface area (Å²) < 4.78 is 0.726. The average molecular weight is 314 g/mol. The smallest absolute Gasteiger partial charge is 0.159 e. The number of anilines is 2. The number of hydrogen-bond acceptors (Lipinski definition) is 6. The van der Waals surface area contributed by atoms with Gasteiger partial charge in [-0.15, -0.1) is 0 Å². The minimum Gasteiger partial charge on any atom is -0.362 e. The second kappa shape index (κ2) is 5.44. The molecule has 0 aliphatic carbocycles. The van der Waals surface area contributed by atoms with Gasteiger partial charge in [0.15, 0.2) is 5.82 Å². The highest BCUT2D eigenvalue weighted by atomic mass is 79.9. The quantitative estimate of drug-likeness (QED) is 0.597. The Labute approximate surface area is 112 Å². The fourth-order valence-corrected chi connectivity index (χ4v) is 2.57. The molecule has 7 heteroatoms. The van der Waals surface area contributed by atoms with Crippen molar-refractivity contribution in [2.75, 3.05) is 10.7 Å². The maximum Gasteiger partial charge on any atom is 0.159 e. The molecule has 0 spiro atoms. The van der Waals surface area contributed by atoms with Crippen LogP contribution in [-0.4, -0.2) is 9.97 Å². The van der Waals surface area contributed by atoms with Crippen molar-refractivity contribution in [2.45, 2.75) is 13.0 Å². The lowest BCUT2D eigenvalue weighted by Crippen LogP contribution is -2.12. The number of hydrazine groups is 1. The molecule has 0 bridgehead atoms. The van der Waals surface area contributed by atoms with Gasteiger partial charge in [0.05, 0.1) is 6.04 Å². The first-order valence-corrected chi connectivity index (χ1v) is 6.71. The summed E-state index contributed by atoms with van der Waals surface area (Å²) >= 11 is 5.08. The maximum absolute atomic E-state index is 5.35. The van der Waals surface area contributed by atoms with Gasteiger partial charge in [-0.3, -0.25) is 0 Å². The zero-order chi connectivity index (χ0) is 12.3. The maximum atomic E-state index is 5.35. The second-order valence-electron chi connectivity index (χ2n) is 3.45. The molecule has 2 rings (SSSR count). The minimum atomic E-state index is 0.179. The molecule has 0 radical (unpaired) electrons. The second-order valence-corrected chi connectivity index (χ2v) is 5.02. The highest BCUT2D eigenvalue weighted by Gasteiger charge is 2.11. The van der Waals surface area contributed by atoms with Crippen molar-refractivity contribution in [3.63, 3.8) is 0 Å². The monoisotopic (exact) mass is 313 g/mol. The van der Waals surface area contributed by atoms with E-state index in [2.05, 4.69) is 60.4 Å². The Kier molecular flexibility index (Phi) is 3.93. The van der Waals surface area contributed by atoms with Crippen LogP contribution in [0.1, 0.15) is 18.5 Å². The largest absolute Gasteiger partial charge is 0.362 e. The molecule has 2 heterocycles. The fraction of sp³-hybridized carbons (Fsp3) is 0.200. The van der Waals surface area contributed by atoms with Gasteiger partial charge in [0.25, 0.3) is 0 Å². The number of hydrogen-bond donors (Lipinski definition) is 3. The van der Waals surface area contributed by atoms with E-state index in [1.165, 1.54) is 11.9 Å². The molecule has 0 aliphatic heterocycles. The predicted molar refractivity (Wildman–Crippen MR) is 73.9 cm³/mol. The highest BCUT2D eigenvalue weighted by Crippen LogP contribution is 2.29. The molecule has 2 aromatic heterocycles. The molecule has 5 nitrogen and oxygen atoms in total. The molecule has 1 unspecified atom stereocenters. The number of nitrogens with one attached hydrogen (secondary N) is 2. The number of thiophene rings is 1. The van der Waals surface area contributed by atoms with Crippen molar-refractivity contribution in [2.24, 2.45) is 5.84 Å². The first kappa shape index (κ1) is 12.3. The fourth-order valence-electron chi connectivity index (χ4n) is 1.38. The average Bonchev–Trinajstić information content (AvgIpc) is 2.85. The van der Waals surface area contributed by atoms with Gasteiger partial charge in [0.1, 0.15) is 16.6 Å². The third-order valence-electron chi connectivity index (χ3n) is 2.32. The summed E-state index contributed by atoms with van der Waals surface area (Å²) in [6.45, 7) is 2.08. The third kappa shape index (κ3) is 2.74. The van der Waals surface area contributed by atoms with Gasteiger partial charge in [0.2, 0.25) is 0 Å². The summed E-state index contributed by atoms with van der Waals surface area (Å²) in [4.78, 5) is 8.17. The standard InChI is InChI=1S/C10H12BrN5S/c1-6(7-2-3-17-4-7)15-9-8(11)10(16-12)14-5-13-9/h2-6H,12H2,1H3,(H2,13,14,15,16). The normalized spacial score (nSPS) is 12.2. The zero-order valence-electron chi connectivity index (χ0n) is 9.14. The topological polar surface area (TPSA) is 75.9 Å². The van der Waals surface area contributed by atoms with Crippen molar-refractivity contribution in [3.05, 3.63) is 33.2 Å². The molecule has 0 aromatic carbocycles. The van der Waals surface area contributed by atoms with Gasteiger partial charge >= 0.3 is 0 Å². The van der Waals surface area contributed by atoms with Gasteiger partial charge in [-0.2, -0.15) is 11.3 Å². The van der Waals surface area contributed by atoms with E-state index in [1.807, 2.05) is 0 Å². The molecular formula is C10H12BrN5S. The van der Waals surface area contributed by atoms with E-state index in [0.29, 0.717) is 11.6 Å². The van der Waals surface area contributed by atoms with Gasteiger partial charge in [-0.1, -0.05) is 0 Å². The van der Waals surface area contributed by atoms with Crippen LogP contribution in [0.25, 0.3) is 0 Å². The van der Waals surface area contributed by atoms with Gasteiger partial charge in [-0.05, 0) is 45.2 Å². The molecule has 0 saturated carbocycles. The van der Waals surface area contributed by atoms with Gasteiger partial charge in [-0.25, -0.2) is 15.8 Å². The number of halogens is 1. The van der Waals surface area contributed by atoms with E-state index in [-0.39, 0.29) is 6.04 Å². The molecule has 0 saturated heterocycles. The number of nitrogens with zero attached hydrogens (tertiary/aromatic N) is 2. The van der Waals surface area contributed by atoms with Crippen molar-refractivity contribution in [1.82, 2.24) is 9.97 Å². The summed E-state index contributed by atoms with van der Waals surface area (Å²) in [7, 11) is 0. The van der Waals surface area contributed by atoms with Crippen molar-refractivity contribution in [1.29, 1.82) is 0 Å². The van der Waals surface area contributed by atoms with E-state index in [9.17, 15) is 0 Å². The minimum absolute atomic E-state index is 0.179. The predicted octanol–water partition coefficient (Wildman–Crippen LogP) is 2.76. The van der Waals surface area contributed by atoms with Crippen LogP contribution in [0.15, 0.2) is 27.6 Å². The van der Waals surface area contributed by atoms with Crippen LogP contribution in [0.2, 0.25) is 0 Å². The van der Waals surface area contributed by atoms with Gasteiger partial charge < -0.3 is 10.7 Å². The third-order valence-corrected chi connectivity index (χ3v) is 3.78. The molecule has 90 valence electrons. The van der Waals surface area contributed by atoms with E-state index in [1.54, 1.807) is 11.3 Å². The van der Waals surface area contributed by atoms with Crippen LogP contribution >= 0.6 is 27.3 Å². The van der Waals surface area contributed by atoms with Crippen LogP contribution in [-0.2, 0) is 0 Å². The van der Waals surface area contributed by atoms with Crippen LogP contribution < -0.4 is 16.6 Å². The lowest BCUT2D eigenvalue weighted by atomic mass is 10.2. The summed E-state index contributed by atoms with van der Waals surface area (Å²) in [6.07, 6.45) is 1.46. The summed E-state index contributed by atoms with van der Waals surface area (Å²) in [5.41, 5.74) is 3.73. The summed E-state index contributed by atoms with van der Waals surface area (Å²) in [5, 5.41) is 7.46. The molecule has 17 heavy (non-hydrogen) atoms. The SMILES string of the molecule is CC(Nc1ncnc(NN)c1Br)c1ccsc1. The van der Waals surface area contributed by atoms with Crippen LogP contribution in [0.3, 0.4) is 0 Å². The Morgan fingerprint density at radius 3 is 2.82 bits per heavy atom. The Bertz CT molecular complexity index is 487. The number of aromatic nitrogens is 2. The highest BCUT2D eigenvalue weighted by molar-refractivity contribution is 9.10.